The first-order chi connectivity index (χ1) is 16.3. The van der Waals surface area contributed by atoms with Crippen LogP contribution < -0.4 is 19.5 Å². The molecule has 1 saturated heterocycles. The second-order valence-electron chi connectivity index (χ2n) is 6.84. The van der Waals surface area contributed by atoms with E-state index >= 15 is 0 Å². The first-order valence-electron chi connectivity index (χ1n) is 10.2. The van der Waals surface area contributed by atoms with Gasteiger partial charge in [0.25, 0.3) is 17.1 Å². The molecule has 0 bridgehead atoms. The van der Waals surface area contributed by atoms with Crippen LogP contribution in [0.2, 0.25) is 0 Å². The quantitative estimate of drug-likeness (QED) is 0.498. The molecule has 180 valence electrons. The predicted molar refractivity (Wildman–Crippen MR) is 122 cm³/mol. The highest BCUT2D eigenvalue weighted by Gasteiger charge is 2.34. The number of hydrogen-bond acceptors (Lipinski definition) is 7. The maximum atomic E-state index is 12.7. The summed E-state index contributed by atoms with van der Waals surface area (Å²) in [5, 5.41) is 2.10. The maximum absolute atomic E-state index is 12.7. The van der Waals surface area contributed by atoms with Gasteiger partial charge in [-0.05, 0) is 60.7 Å². The minimum absolute atomic E-state index is 0.0129. The fraction of sp³-hybridized carbons (Fsp3) is 0.261. The van der Waals surface area contributed by atoms with Crippen molar-refractivity contribution in [1.29, 1.82) is 0 Å². The van der Waals surface area contributed by atoms with Gasteiger partial charge in [-0.25, -0.2) is 0 Å². The Morgan fingerprint density at radius 3 is 2.68 bits per heavy atom. The molecule has 8 nitrogen and oxygen atoms in total. The Balaban J connectivity index is 1.60. The second kappa shape index (κ2) is 11.5. The number of nitrogens with one attached hydrogen (secondary N) is 1. The third kappa shape index (κ3) is 6.25. The van der Waals surface area contributed by atoms with Crippen LogP contribution in [0.5, 0.6) is 17.2 Å². The normalized spacial score (nSPS) is 14.6. The number of carbonyl (C=O) groups is 3. The van der Waals surface area contributed by atoms with Crippen molar-refractivity contribution in [2.75, 3.05) is 26.8 Å². The molecule has 11 heteroatoms. The van der Waals surface area contributed by atoms with Gasteiger partial charge in [0, 0.05) is 18.7 Å². The van der Waals surface area contributed by atoms with Crippen LogP contribution in [0.4, 0.5) is 13.6 Å². The third-order valence-electron chi connectivity index (χ3n) is 4.60. The van der Waals surface area contributed by atoms with E-state index in [2.05, 4.69) is 10.1 Å². The van der Waals surface area contributed by atoms with Crippen molar-refractivity contribution in [3.8, 4) is 17.2 Å². The van der Waals surface area contributed by atoms with E-state index in [9.17, 15) is 23.2 Å². The van der Waals surface area contributed by atoms with Gasteiger partial charge in [-0.3, -0.25) is 19.3 Å². The average molecular weight is 493 g/mol. The number of halogens is 2. The van der Waals surface area contributed by atoms with Crippen molar-refractivity contribution in [2.24, 2.45) is 0 Å². The van der Waals surface area contributed by atoms with E-state index in [1.54, 1.807) is 24.3 Å². The number of nitrogens with zero attached hydrogens (tertiary/aromatic N) is 1. The molecule has 2 aromatic carbocycles. The first-order valence-corrected chi connectivity index (χ1v) is 11.0. The third-order valence-corrected chi connectivity index (χ3v) is 5.51. The zero-order valence-electron chi connectivity index (χ0n) is 18.4. The molecule has 0 aromatic heterocycles. The lowest BCUT2D eigenvalue weighted by Crippen LogP contribution is -2.37. The topological polar surface area (TPSA) is 94.2 Å². The number of alkyl halides is 2. The van der Waals surface area contributed by atoms with Crippen LogP contribution in [0.15, 0.2) is 47.4 Å². The Kier molecular flexibility index (Phi) is 8.47. The number of amides is 3. The lowest BCUT2D eigenvalue weighted by molar-refractivity contribution is -0.122. The van der Waals surface area contributed by atoms with E-state index in [0.29, 0.717) is 23.7 Å². The number of carbonyl (C=O) groups excluding carboxylic acids is 3. The largest absolute Gasteiger partial charge is 0.493 e. The van der Waals surface area contributed by atoms with Gasteiger partial charge in [0.05, 0.1) is 18.6 Å². The van der Waals surface area contributed by atoms with E-state index in [0.717, 1.165) is 16.7 Å². The van der Waals surface area contributed by atoms with Crippen molar-refractivity contribution in [3.63, 3.8) is 0 Å². The molecule has 1 aliphatic rings. The Labute approximate surface area is 198 Å². The molecular weight excluding hydrogens is 470 g/mol. The Bertz CT molecular complexity index is 1110. The number of ether oxygens (including phenoxy) is 3. The van der Waals surface area contributed by atoms with E-state index in [4.69, 9.17) is 9.47 Å². The molecule has 34 heavy (non-hydrogen) atoms. The summed E-state index contributed by atoms with van der Waals surface area (Å²) in [6, 6.07) is 10.5. The van der Waals surface area contributed by atoms with Crippen LogP contribution in [0.3, 0.4) is 0 Å². The molecule has 1 heterocycles. The summed E-state index contributed by atoms with van der Waals surface area (Å²) in [4.78, 5) is 38.6. The van der Waals surface area contributed by atoms with Gasteiger partial charge in [0.2, 0.25) is 0 Å². The SMILES string of the molecule is CCOc1ccc(/C=C2\SC(=O)N(CCNC(=O)c3cccc(OC(F)F)c3)C2=O)cc1OC. The second-order valence-corrected chi connectivity index (χ2v) is 7.83. The Morgan fingerprint density at radius 2 is 1.97 bits per heavy atom. The number of rotatable bonds is 10. The molecule has 0 radical (unpaired) electrons. The highest BCUT2D eigenvalue weighted by molar-refractivity contribution is 8.18. The molecule has 2 aromatic rings. The summed E-state index contributed by atoms with van der Waals surface area (Å²) in [5.41, 5.74) is 0.765. The molecule has 0 spiro atoms. The van der Waals surface area contributed by atoms with Crippen LogP contribution >= 0.6 is 11.8 Å². The van der Waals surface area contributed by atoms with Crippen LogP contribution in [-0.2, 0) is 4.79 Å². The van der Waals surface area contributed by atoms with Gasteiger partial charge >= 0.3 is 6.61 Å². The number of methoxy groups -OCH3 is 1. The minimum Gasteiger partial charge on any atom is -0.493 e. The highest BCUT2D eigenvalue weighted by atomic mass is 32.2. The molecule has 1 fully saturated rings. The smallest absolute Gasteiger partial charge is 0.387 e. The standard InChI is InChI=1S/C23H22F2N2O6S/c1-3-32-17-8-7-14(11-18(17)31-2)12-19-21(29)27(23(30)34-19)10-9-26-20(28)15-5-4-6-16(13-15)33-22(24)25/h4-8,11-13,22H,3,9-10H2,1-2H3,(H,26,28)/b19-12-. The number of thioether (sulfide) groups is 1. The van der Waals surface area contributed by atoms with Gasteiger partial charge in [-0.15, -0.1) is 0 Å². The highest BCUT2D eigenvalue weighted by Crippen LogP contribution is 2.34. The Morgan fingerprint density at radius 1 is 1.18 bits per heavy atom. The number of imide groups is 1. The van der Waals surface area contributed by atoms with Gasteiger partial charge in [0.1, 0.15) is 5.75 Å². The lowest BCUT2D eigenvalue weighted by Gasteiger charge is -2.13. The molecule has 3 amide bonds. The summed E-state index contributed by atoms with van der Waals surface area (Å²) >= 11 is 0.794. The van der Waals surface area contributed by atoms with Crippen molar-refractivity contribution >= 4 is 34.9 Å². The minimum atomic E-state index is -3.01. The van der Waals surface area contributed by atoms with Gasteiger partial charge < -0.3 is 19.5 Å². The molecule has 0 atom stereocenters. The zero-order chi connectivity index (χ0) is 24.7. The summed E-state index contributed by atoms with van der Waals surface area (Å²) in [6.45, 7) is -0.742. The fourth-order valence-corrected chi connectivity index (χ4v) is 3.95. The van der Waals surface area contributed by atoms with Crippen molar-refractivity contribution in [3.05, 3.63) is 58.5 Å². The summed E-state index contributed by atoms with van der Waals surface area (Å²) in [6.07, 6.45) is 1.58. The predicted octanol–water partition coefficient (Wildman–Crippen LogP) is 4.16. The van der Waals surface area contributed by atoms with Crippen molar-refractivity contribution < 1.29 is 37.4 Å². The van der Waals surface area contributed by atoms with E-state index in [1.165, 1.54) is 31.4 Å². The molecule has 0 aliphatic carbocycles. The Hall–Kier alpha value is -3.60. The molecular formula is C23H22F2N2O6S. The molecule has 1 aliphatic heterocycles. The van der Waals surface area contributed by atoms with Crippen molar-refractivity contribution in [1.82, 2.24) is 10.2 Å². The molecule has 1 N–H and O–H groups in total. The fourth-order valence-electron chi connectivity index (χ4n) is 3.09. The van der Waals surface area contributed by atoms with Crippen LogP contribution in [-0.4, -0.2) is 55.4 Å². The van der Waals surface area contributed by atoms with E-state index < -0.39 is 23.7 Å². The number of hydrogen-bond donors (Lipinski definition) is 1. The van der Waals surface area contributed by atoms with Crippen LogP contribution in [0, 0.1) is 0 Å². The maximum Gasteiger partial charge on any atom is 0.387 e. The van der Waals surface area contributed by atoms with Crippen LogP contribution in [0.1, 0.15) is 22.8 Å². The molecule has 3 rings (SSSR count). The van der Waals surface area contributed by atoms with Gasteiger partial charge in [-0.1, -0.05) is 12.1 Å². The van der Waals surface area contributed by atoms with Crippen LogP contribution in [0.25, 0.3) is 6.08 Å². The summed E-state index contributed by atoms with van der Waals surface area (Å²) < 4.78 is 39.7. The van der Waals surface area contributed by atoms with Crippen molar-refractivity contribution in [2.45, 2.75) is 13.5 Å². The molecule has 0 saturated carbocycles. The molecule has 0 unspecified atom stereocenters. The first kappa shape index (κ1) is 25.0. The monoisotopic (exact) mass is 492 g/mol. The van der Waals surface area contributed by atoms with E-state index in [-0.39, 0.29) is 29.3 Å². The zero-order valence-corrected chi connectivity index (χ0v) is 19.2. The summed E-state index contributed by atoms with van der Waals surface area (Å²) in [7, 11) is 1.51. The number of benzene rings is 2. The van der Waals surface area contributed by atoms with Gasteiger partial charge in [0.15, 0.2) is 11.5 Å². The summed E-state index contributed by atoms with van der Waals surface area (Å²) in [5.74, 6) is -0.115. The average Bonchev–Trinajstić information content (AvgIpc) is 3.07. The lowest BCUT2D eigenvalue weighted by atomic mass is 10.2. The van der Waals surface area contributed by atoms with E-state index in [1.807, 2.05) is 6.92 Å². The van der Waals surface area contributed by atoms with Gasteiger partial charge in [-0.2, -0.15) is 8.78 Å².